The van der Waals surface area contributed by atoms with Crippen molar-refractivity contribution in [3.63, 3.8) is 0 Å². The molecule has 0 radical (unpaired) electrons. The molecule has 0 fully saturated rings. The molecule has 0 aromatic heterocycles. The summed E-state index contributed by atoms with van der Waals surface area (Å²) in [5, 5.41) is 4.15. The van der Waals surface area contributed by atoms with Crippen molar-refractivity contribution < 1.29 is 0 Å². The van der Waals surface area contributed by atoms with Gasteiger partial charge >= 0.3 is 0 Å². The summed E-state index contributed by atoms with van der Waals surface area (Å²) in [5.74, 6) is 0.673. The summed E-state index contributed by atoms with van der Waals surface area (Å²) >= 11 is 6.40. The van der Waals surface area contributed by atoms with E-state index in [1.807, 2.05) is 0 Å². The van der Waals surface area contributed by atoms with Gasteiger partial charge in [0.1, 0.15) is 0 Å². The van der Waals surface area contributed by atoms with Gasteiger partial charge in [-0.3, -0.25) is 0 Å². The van der Waals surface area contributed by atoms with Gasteiger partial charge in [0.05, 0.1) is 0 Å². The standard InChI is InChI=1S/C19H24ClN/c1-4-21-13-18-9-8-17(12-19(18)20)16-7-5-6-15(11-16)10-14(2)3/h5-9,11-12,14,21H,4,10,13H2,1-3H3. The van der Waals surface area contributed by atoms with Crippen LogP contribution in [0.4, 0.5) is 0 Å². The van der Waals surface area contributed by atoms with E-state index in [4.69, 9.17) is 11.6 Å². The second-order valence-electron chi connectivity index (χ2n) is 5.88. The molecule has 0 spiro atoms. The predicted octanol–water partition coefficient (Wildman–Crippen LogP) is 5.32. The van der Waals surface area contributed by atoms with Crippen LogP contribution in [0.15, 0.2) is 42.5 Å². The molecule has 0 aliphatic carbocycles. The van der Waals surface area contributed by atoms with Gasteiger partial charge in [0.15, 0.2) is 0 Å². The number of benzene rings is 2. The lowest BCUT2D eigenvalue weighted by molar-refractivity contribution is 0.647. The van der Waals surface area contributed by atoms with Crippen LogP contribution >= 0.6 is 11.6 Å². The molecule has 0 heterocycles. The molecule has 0 atom stereocenters. The van der Waals surface area contributed by atoms with Crippen molar-refractivity contribution >= 4 is 11.6 Å². The maximum absolute atomic E-state index is 6.40. The quantitative estimate of drug-likeness (QED) is 0.762. The highest BCUT2D eigenvalue weighted by atomic mass is 35.5. The van der Waals surface area contributed by atoms with E-state index in [1.54, 1.807) is 0 Å². The van der Waals surface area contributed by atoms with Crippen LogP contribution in [-0.2, 0) is 13.0 Å². The first-order valence-corrected chi connectivity index (χ1v) is 8.06. The van der Waals surface area contributed by atoms with Gasteiger partial charge in [0, 0.05) is 11.6 Å². The van der Waals surface area contributed by atoms with E-state index in [2.05, 4.69) is 68.6 Å². The lowest BCUT2D eigenvalue weighted by atomic mass is 9.97. The van der Waals surface area contributed by atoms with Crippen LogP contribution in [0.5, 0.6) is 0 Å². The molecule has 0 unspecified atom stereocenters. The molecule has 0 saturated heterocycles. The molecular formula is C19H24ClN. The van der Waals surface area contributed by atoms with Crippen LogP contribution in [0, 0.1) is 5.92 Å². The monoisotopic (exact) mass is 301 g/mol. The van der Waals surface area contributed by atoms with Crippen molar-refractivity contribution in [2.45, 2.75) is 33.7 Å². The Morgan fingerprint density at radius 1 is 1.05 bits per heavy atom. The van der Waals surface area contributed by atoms with Crippen molar-refractivity contribution in [3.05, 3.63) is 58.6 Å². The third-order valence-electron chi connectivity index (χ3n) is 3.52. The van der Waals surface area contributed by atoms with Crippen LogP contribution in [0.25, 0.3) is 11.1 Å². The van der Waals surface area contributed by atoms with E-state index in [0.29, 0.717) is 5.92 Å². The first kappa shape index (κ1) is 16.1. The first-order valence-electron chi connectivity index (χ1n) is 7.68. The van der Waals surface area contributed by atoms with Gasteiger partial charge in [-0.25, -0.2) is 0 Å². The highest BCUT2D eigenvalue weighted by Gasteiger charge is 2.05. The Morgan fingerprint density at radius 2 is 1.81 bits per heavy atom. The predicted molar refractivity (Wildman–Crippen MR) is 92.8 cm³/mol. The summed E-state index contributed by atoms with van der Waals surface area (Å²) in [7, 11) is 0. The minimum absolute atomic E-state index is 0.673. The van der Waals surface area contributed by atoms with Crippen LogP contribution in [0.1, 0.15) is 31.9 Å². The van der Waals surface area contributed by atoms with Gasteiger partial charge in [-0.05, 0) is 47.2 Å². The maximum Gasteiger partial charge on any atom is 0.0457 e. The Kier molecular flexibility index (Phi) is 5.84. The number of rotatable bonds is 6. The third kappa shape index (κ3) is 4.59. The molecule has 112 valence electrons. The average molecular weight is 302 g/mol. The van der Waals surface area contributed by atoms with E-state index in [-0.39, 0.29) is 0 Å². The topological polar surface area (TPSA) is 12.0 Å². The Bertz CT molecular complexity index is 590. The Balaban J connectivity index is 2.23. The molecule has 0 saturated carbocycles. The molecule has 2 heteroatoms. The Labute approximate surface area is 133 Å². The normalized spacial score (nSPS) is 11.1. The second kappa shape index (κ2) is 7.63. The molecule has 0 aliphatic rings. The van der Waals surface area contributed by atoms with Gasteiger partial charge in [-0.1, -0.05) is 68.8 Å². The molecule has 2 rings (SSSR count). The fourth-order valence-electron chi connectivity index (χ4n) is 2.48. The average Bonchev–Trinajstić information content (AvgIpc) is 2.45. The number of nitrogens with one attached hydrogen (secondary N) is 1. The zero-order valence-corrected chi connectivity index (χ0v) is 13.9. The lowest BCUT2D eigenvalue weighted by Gasteiger charge is -2.10. The number of halogens is 1. The molecule has 0 amide bonds. The molecule has 2 aromatic rings. The lowest BCUT2D eigenvalue weighted by Crippen LogP contribution is -2.11. The number of hydrogen-bond donors (Lipinski definition) is 1. The van der Waals surface area contributed by atoms with E-state index in [0.717, 1.165) is 30.1 Å². The van der Waals surface area contributed by atoms with Crippen molar-refractivity contribution in [2.75, 3.05) is 6.54 Å². The van der Waals surface area contributed by atoms with E-state index >= 15 is 0 Å². The van der Waals surface area contributed by atoms with Crippen LogP contribution in [0.3, 0.4) is 0 Å². The van der Waals surface area contributed by atoms with Crippen LogP contribution < -0.4 is 5.32 Å². The first-order chi connectivity index (χ1) is 10.1. The molecule has 1 N–H and O–H groups in total. The summed E-state index contributed by atoms with van der Waals surface area (Å²) in [4.78, 5) is 0. The van der Waals surface area contributed by atoms with E-state index in [9.17, 15) is 0 Å². The van der Waals surface area contributed by atoms with E-state index < -0.39 is 0 Å². The second-order valence-corrected chi connectivity index (χ2v) is 6.29. The Morgan fingerprint density at radius 3 is 2.48 bits per heavy atom. The molecular weight excluding hydrogens is 278 g/mol. The molecule has 0 bridgehead atoms. The van der Waals surface area contributed by atoms with Crippen LogP contribution in [-0.4, -0.2) is 6.54 Å². The van der Waals surface area contributed by atoms with Gasteiger partial charge in [0.25, 0.3) is 0 Å². The minimum atomic E-state index is 0.673. The smallest absolute Gasteiger partial charge is 0.0457 e. The summed E-state index contributed by atoms with van der Waals surface area (Å²) < 4.78 is 0. The fraction of sp³-hybridized carbons (Fsp3) is 0.368. The summed E-state index contributed by atoms with van der Waals surface area (Å²) in [5.41, 5.74) is 4.96. The van der Waals surface area contributed by atoms with Crippen molar-refractivity contribution in [1.82, 2.24) is 5.32 Å². The maximum atomic E-state index is 6.40. The van der Waals surface area contributed by atoms with Crippen molar-refractivity contribution in [1.29, 1.82) is 0 Å². The summed E-state index contributed by atoms with van der Waals surface area (Å²) in [6, 6.07) is 15.1. The van der Waals surface area contributed by atoms with Crippen LogP contribution in [0.2, 0.25) is 5.02 Å². The van der Waals surface area contributed by atoms with Gasteiger partial charge in [0.2, 0.25) is 0 Å². The third-order valence-corrected chi connectivity index (χ3v) is 3.87. The highest BCUT2D eigenvalue weighted by Crippen LogP contribution is 2.27. The summed E-state index contributed by atoms with van der Waals surface area (Å²) in [6.07, 6.45) is 1.11. The van der Waals surface area contributed by atoms with E-state index in [1.165, 1.54) is 16.7 Å². The van der Waals surface area contributed by atoms with Gasteiger partial charge in [-0.15, -0.1) is 0 Å². The largest absolute Gasteiger partial charge is 0.313 e. The number of hydrogen-bond acceptors (Lipinski definition) is 1. The summed E-state index contributed by atoms with van der Waals surface area (Å²) in [6.45, 7) is 8.37. The zero-order chi connectivity index (χ0) is 15.2. The minimum Gasteiger partial charge on any atom is -0.313 e. The van der Waals surface area contributed by atoms with Crippen molar-refractivity contribution in [2.24, 2.45) is 5.92 Å². The highest BCUT2D eigenvalue weighted by molar-refractivity contribution is 6.31. The molecule has 1 nitrogen and oxygen atoms in total. The SMILES string of the molecule is CCNCc1ccc(-c2cccc(CC(C)C)c2)cc1Cl. The molecule has 0 aliphatic heterocycles. The molecule has 2 aromatic carbocycles. The zero-order valence-electron chi connectivity index (χ0n) is 13.1. The van der Waals surface area contributed by atoms with Gasteiger partial charge < -0.3 is 5.32 Å². The van der Waals surface area contributed by atoms with Crippen molar-refractivity contribution in [3.8, 4) is 11.1 Å². The molecule has 21 heavy (non-hydrogen) atoms. The Hall–Kier alpha value is -1.31. The fourth-order valence-corrected chi connectivity index (χ4v) is 2.73. The van der Waals surface area contributed by atoms with Gasteiger partial charge in [-0.2, -0.15) is 0 Å².